The van der Waals surface area contributed by atoms with E-state index in [1.165, 1.54) is 4.90 Å². The van der Waals surface area contributed by atoms with E-state index in [-0.39, 0.29) is 24.7 Å². The number of nitrogens with two attached hydrogens (primary N) is 1. The first-order chi connectivity index (χ1) is 8.74. The van der Waals surface area contributed by atoms with Gasteiger partial charge in [0.05, 0.1) is 0 Å². The molecular weight excluding hydrogens is 254 g/mol. The van der Waals surface area contributed by atoms with E-state index in [0.29, 0.717) is 25.8 Å². The van der Waals surface area contributed by atoms with Gasteiger partial charge >= 0.3 is 0 Å². The van der Waals surface area contributed by atoms with Crippen molar-refractivity contribution in [2.75, 3.05) is 6.54 Å². The van der Waals surface area contributed by atoms with Crippen LogP contribution in [0, 0.1) is 5.92 Å². The molecule has 0 spiro atoms. The topological polar surface area (TPSA) is 63.4 Å². The Morgan fingerprint density at radius 3 is 2.68 bits per heavy atom. The van der Waals surface area contributed by atoms with Crippen molar-refractivity contribution in [1.29, 1.82) is 0 Å². The van der Waals surface area contributed by atoms with Gasteiger partial charge in [0.15, 0.2) is 0 Å². The van der Waals surface area contributed by atoms with E-state index < -0.39 is 17.9 Å². The van der Waals surface area contributed by atoms with Crippen LogP contribution in [-0.2, 0) is 9.59 Å². The molecule has 0 aliphatic carbocycles. The first kappa shape index (κ1) is 15.9. The van der Waals surface area contributed by atoms with E-state index in [4.69, 9.17) is 5.73 Å². The summed E-state index contributed by atoms with van der Waals surface area (Å²) < 4.78 is 26.0. The van der Waals surface area contributed by atoms with Gasteiger partial charge in [-0.3, -0.25) is 9.59 Å². The van der Waals surface area contributed by atoms with Crippen LogP contribution in [0.4, 0.5) is 8.78 Å². The molecule has 2 amide bonds. The molecular formula is C13H22F2N2O2. The molecule has 2 N–H and O–H groups in total. The molecule has 1 rings (SSSR count). The molecule has 0 aromatic heterocycles. The monoisotopic (exact) mass is 276 g/mol. The molecule has 2 atom stereocenters. The average Bonchev–Trinajstić information content (AvgIpc) is 2.39. The van der Waals surface area contributed by atoms with Crippen molar-refractivity contribution >= 4 is 11.8 Å². The van der Waals surface area contributed by atoms with Crippen LogP contribution in [0.5, 0.6) is 0 Å². The van der Waals surface area contributed by atoms with E-state index in [9.17, 15) is 18.4 Å². The third kappa shape index (κ3) is 4.76. The summed E-state index contributed by atoms with van der Waals surface area (Å²) in [6, 6.07) is -0.617. The van der Waals surface area contributed by atoms with Gasteiger partial charge in [-0.2, -0.15) is 0 Å². The van der Waals surface area contributed by atoms with Gasteiger partial charge in [0, 0.05) is 19.4 Å². The summed E-state index contributed by atoms with van der Waals surface area (Å²) >= 11 is 0. The van der Waals surface area contributed by atoms with Crippen molar-refractivity contribution < 1.29 is 18.4 Å². The lowest BCUT2D eigenvalue weighted by molar-refractivity contribution is -0.139. The standard InChI is InChI=1S/C13H22F2N2O2/c1-3-10(12(16)19)17-6-4-5-9(7-11(17)18)8-13(2,14)15/h9-10H,3-8H2,1-2H3,(H2,16,19). The van der Waals surface area contributed by atoms with Gasteiger partial charge in [0.1, 0.15) is 6.04 Å². The number of carbonyl (C=O) groups is 2. The summed E-state index contributed by atoms with van der Waals surface area (Å²) in [5.74, 6) is -3.84. The Hall–Kier alpha value is -1.20. The van der Waals surface area contributed by atoms with Gasteiger partial charge in [-0.05, 0) is 32.1 Å². The Bertz CT molecular complexity index is 342. The van der Waals surface area contributed by atoms with Crippen molar-refractivity contribution in [3.63, 3.8) is 0 Å². The molecule has 1 heterocycles. The normalized spacial score (nSPS) is 23.1. The first-order valence-electron chi connectivity index (χ1n) is 6.71. The molecule has 0 aromatic carbocycles. The molecule has 110 valence electrons. The summed E-state index contributed by atoms with van der Waals surface area (Å²) in [5, 5.41) is 0. The highest BCUT2D eigenvalue weighted by Crippen LogP contribution is 2.30. The Morgan fingerprint density at radius 1 is 1.58 bits per heavy atom. The summed E-state index contributed by atoms with van der Waals surface area (Å²) in [6.45, 7) is 3.08. The van der Waals surface area contributed by atoms with Crippen LogP contribution < -0.4 is 5.73 Å². The lowest BCUT2D eigenvalue weighted by Gasteiger charge is -2.27. The Morgan fingerprint density at radius 2 is 2.21 bits per heavy atom. The van der Waals surface area contributed by atoms with Crippen molar-refractivity contribution in [1.82, 2.24) is 4.90 Å². The van der Waals surface area contributed by atoms with Gasteiger partial charge in [-0.1, -0.05) is 6.92 Å². The van der Waals surface area contributed by atoms with Gasteiger partial charge < -0.3 is 10.6 Å². The maximum Gasteiger partial charge on any atom is 0.245 e. The molecule has 1 aliphatic rings. The highest BCUT2D eigenvalue weighted by molar-refractivity contribution is 5.86. The van der Waals surface area contributed by atoms with Crippen molar-refractivity contribution in [2.24, 2.45) is 11.7 Å². The fourth-order valence-electron chi connectivity index (χ4n) is 2.73. The zero-order valence-corrected chi connectivity index (χ0v) is 11.5. The Labute approximate surface area is 112 Å². The largest absolute Gasteiger partial charge is 0.368 e. The van der Waals surface area contributed by atoms with Crippen LogP contribution in [-0.4, -0.2) is 35.2 Å². The lowest BCUT2D eigenvalue weighted by atomic mass is 9.94. The van der Waals surface area contributed by atoms with Gasteiger partial charge in [0.2, 0.25) is 17.7 Å². The molecule has 4 nitrogen and oxygen atoms in total. The Kier molecular flexibility index (Phi) is 5.26. The second kappa shape index (κ2) is 6.30. The molecule has 0 saturated carbocycles. The van der Waals surface area contributed by atoms with Crippen LogP contribution in [0.25, 0.3) is 0 Å². The number of primary amides is 1. The molecule has 1 aliphatic heterocycles. The summed E-state index contributed by atoms with van der Waals surface area (Å²) in [5.41, 5.74) is 5.27. The molecule has 1 saturated heterocycles. The minimum Gasteiger partial charge on any atom is -0.368 e. The van der Waals surface area contributed by atoms with Crippen LogP contribution in [0.1, 0.15) is 46.0 Å². The Balaban J connectivity index is 2.71. The predicted molar refractivity (Wildman–Crippen MR) is 67.6 cm³/mol. The average molecular weight is 276 g/mol. The van der Waals surface area contributed by atoms with Crippen LogP contribution in [0.15, 0.2) is 0 Å². The fourth-order valence-corrected chi connectivity index (χ4v) is 2.73. The molecule has 19 heavy (non-hydrogen) atoms. The smallest absolute Gasteiger partial charge is 0.245 e. The minimum absolute atomic E-state index is 0.0766. The highest BCUT2D eigenvalue weighted by Gasteiger charge is 2.34. The van der Waals surface area contributed by atoms with Crippen LogP contribution in [0.2, 0.25) is 0 Å². The molecule has 0 bridgehead atoms. The number of likely N-dealkylation sites (tertiary alicyclic amines) is 1. The van der Waals surface area contributed by atoms with E-state index in [1.807, 2.05) is 0 Å². The first-order valence-corrected chi connectivity index (χ1v) is 6.71. The predicted octanol–water partition coefficient (Wildman–Crippen LogP) is 1.92. The lowest BCUT2D eigenvalue weighted by Crippen LogP contribution is -2.47. The summed E-state index contributed by atoms with van der Waals surface area (Å²) in [6.07, 6.45) is 1.47. The SMILES string of the molecule is CCC(C(N)=O)N1CCCC(CC(C)(F)F)CC1=O. The number of alkyl halides is 2. The summed E-state index contributed by atoms with van der Waals surface area (Å²) in [4.78, 5) is 24.8. The number of hydrogen-bond donors (Lipinski definition) is 1. The third-order valence-electron chi connectivity index (χ3n) is 3.53. The van der Waals surface area contributed by atoms with Crippen molar-refractivity contribution in [3.05, 3.63) is 0 Å². The highest BCUT2D eigenvalue weighted by atomic mass is 19.3. The van der Waals surface area contributed by atoms with Crippen LogP contribution >= 0.6 is 0 Å². The van der Waals surface area contributed by atoms with Gasteiger partial charge in [-0.15, -0.1) is 0 Å². The zero-order chi connectivity index (χ0) is 14.6. The van der Waals surface area contributed by atoms with E-state index in [1.54, 1.807) is 6.92 Å². The fraction of sp³-hybridized carbons (Fsp3) is 0.846. The number of amides is 2. The molecule has 6 heteroatoms. The number of hydrogen-bond acceptors (Lipinski definition) is 2. The van der Waals surface area contributed by atoms with Crippen molar-refractivity contribution in [3.8, 4) is 0 Å². The van der Waals surface area contributed by atoms with Crippen LogP contribution in [0.3, 0.4) is 0 Å². The minimum atomic E-state index is -2.76. The molecule has 0 aromatic rings. The van der Waals surface area contributed by atoms with Gasteiger partial charge in [0.25, 0.3) is 0 Å². The number of halogens is 2. The second-order valence-electron chi connectivity index (χ2n) is 5.40. The zero-order valence-electron chi connectivity index (χ0n) is 11.5. The molecule has 1 fully saturated rings. The van der Waals surface area contributed by atoms with Gasteiger partial charge in [-0.25, -0.2) is 8.78 Å². The van der Waals surface area contributed by atoms with Crippen molar-refractivity contribution in [2.45, 2.75) is 57.9 Å². The summed E-state index contributed by atoms with van der Waals surface area (Å²) in [7, 11) is 0. The maximum absolute atomic E-state index is 13.0. The number of rotatable bonds is 5. The van der Waals surface area contributed by atoms with E-state index >= 15 is 0 Å². The molecule has 0 radical (unpaired) electrons. The van der Waals surface area contributed by atoms with E-state index in [2.05, 4.69) is 0 Å². The maximum atomic E-state index is 13.0. The third-order valence-corrected chi connectivity index (χ3v) is 3.53. The van der Waals surface area contributed by atoms with E-state index in [0.717, 1.165) is 6.92 Å². The molecule has 2 unspecified atom stereocenters. The quantitative estimate of drug-likeness (QED) is 0.834. The number of carbonyl (C=O) groups excluding carboxylic acids is 2. The number of nitrogens with zero attached hydrogens (tertiary/aromatic N) is 1. The second-order valence-corrected chi connectivity index (χ2v) is 5.40.